The number of hydrogen-bond donors (Lipinski definition) is 0. The minimum Gasteiger partial charge on any atom is -0.488 e. The fourth-order valence-corrected chi connectivity index (χ4v) is 2.50. The highest BCUT2D eigenvalue weighted by molar-refractivity contribution is 9.10. The van der Waals surface area contributed by atoms with Crippen LogP contribution in [0.25, 0.3) is 0 Å². The summed E-state index contributed by atoms with van der Waals surface area (Å²) in [4.78, 5) is 16.1. The van der Waals surface area contributed by atoms with Crippen molar-refractivity contribution in [2.75, 3.05) is 34.2 Å². The van der Waals surface area contributed by atoms with E-state index in [9.17, 15) is 4.79 Å². The molecule has 4 nitrogen and oxygen atoms in total. The second-order valence-corrected chi connectivity index (χ2v) is 6.07. The van der Waals surface area contributed by atoms with Gasteiger partial charge in [-0.15, -0.1) is 0 Å². The summed E-state index contributed by atoms with van der Waals surface area (Å²) in [5, 5.41) is 0. The van der Waals surface area contributed by atoms with Gasteiger partial charge in [0.05, 0.1) is 12.1 Å². The number of likely N-dealkylation sites (N-methyl/N-ethyl adjacent to an activating group) is 1. The quantitative estimate of drug-likeness (QED) is 0.854. The Kier molecular flexibility index (Phi) is 4.47. The first-order valence-electron chi connectivity index (χ1n) is 6.34. The number of carbonyl (C=O) groups is 1. The van der Waals surface area contributed by atoms with Crippen LogP contribution < -0.4 is 4.74 Å². The molecule has 1 aliphatic rings. The smallest absolute Gasteiger partial charge is 0.257 e. The zero-order valence-corrected chi connectivity index (χ0v) is 13.1. The van der Waals surface area contributed by atoms with Crippen molar-refractivity contribution in [2.45, 2.75) is 12.5 Å². The molecule has 0 aromatic heterocycles. The maximum Gasteiger partial charge on any atom is 0.257 e. The van der Waals surface area contributed by atoms with E-state index >= 15 is 0 Å². The van der Waals surface area contributed by atoms with Crippen molar-refractivity contribution in [1.82, 2.24) is 9.80 Å². The summed E-state index contributed by atoms with van der Waals surface area (Å²) in [5.74, 6) is 0.699. The van der Waals surface area contributed by atoms with Gasteiger partial charge < -0.3 is 14.5 Å². The Labute approximate surface area is 122 Å². The average molecular weight is 327 g/mol. The Morgan fingerprint density at radius 1 is 1.47 bits per heavy atom. The van der Waals surface area contributed by atoms with E-state index < -0.39 is 0 Å². The normalized spacial score (nSPS) is 19.1. The minimum atomic E-state index is 0.0173. The molecule has 1 amide bonds. The molecule has 0 aliphatic carbocycles. The summed E-state index contributed by atoms with van der Waals surface area (Å²) < 4.78 is 6.89. The van der Waals surface area contributed by atoms with Crippen molar-refractivity contribution >= 4 is 21.8 Å². The lowest BCUT2D eigenvalue weighted by Crippen LogP contribution is -2.35. The zero-order valence-electron chi connectivity index (χ0n) is 11.5. The van der Waals surface area contributed by atoms with E-state index in [2.05, 4.69) is 20.8 Å². The first kappa shape index (κ1) is 14.3. The Morgan fingerprint density at radius 2 is 2.21 bits per heavy atom. The number of carbonyl (C=O) groups excluding carboxylic acids is 1. The molecule has 0 bridgehead atoms. The van der Waals surface area contributed by atoms with Gasteiger partial charge in [0.15, 0.2) is 0 Å². The summed E-state index contributed by atoms with van der Waals surface area (Å²) >= 11 is 3.40. The fourth-order valence-electron chi connectivity index (χ4n) is 2.14. The number of amides is 1. The van der Waals surface area contributed by atoms with Gasteiger partial charge in [0.25, 0.3) is 5.91 Å². The molecule has 0 N–H and O–H groups in total. The highest BCUT2D eigenvalue weighted by Gasteiger charge is 2.26. The molecule has 1 unspecified atom stereocenters. The average Bonchev–Trinajstić information content (AvgIpc) is 2.47. The number of rotatable bonds is 3. The Bertz CT molecular complexity index is 477. The van der Waals surface area contributed by atoms with E-state index in [1.54, 1.807) is 4.90 Å². The predicted octanol–water partition coefficient (Wildman–Crippen LogP) is 2.23. The highest BCUT2D eigenvalue weighted by atomic mass is 79.9. The molecule has 5 heteroatoms. The van der Waals surface area contributed by atoms with Gasteiger partial charge in [0.1, 0.15) is 11.9 Å². The third-order valence-electron chi connectivity index (χ3n) is 3.19. The van der Waals surface area contributed by atoms with Crippen LogP contribution in [0.4, 0.5) is 0 Å². The summed E-state index contributed by atoms with van der Waals surface area (Å²) in [6, 6.07) is 5.59. The van der Waals surface area contributed by atoms with Gasteiger partial charge in [-0.05, 0) is 38.7 Å². The lowest BCUT2D eigenvalue weighted by molar-refractivity contribution is 0.0750. The molecule has 1 aliphatic heterocycles. The van der Waals surface area contributed by atoms with Gasteiger partial charge in [-0.1, -0.05) is 15.9 Å². The van der Waals surface area contributed by atoms with Crippen molar-refractivity contribution in [3.05, 3.63) is 28.2 Å². The molecule has 104 valence electrons. The van der Waals surface area contributed by atoms with E-state index in [1.807, 2.05) is 39.3 Å². The molecular formula is C14H19BrN2O2. The van der Waals surface area contributed by atoms with Crippen molar-refractivity contribution in [3.63, 3.8) is 0 Å². The highest BCUT2D eigenvalue weighted by Crippen LogP contribution is 2.28. The predicted molar refractivity (Wildman–Crippen MR) is 78.7 cm³/mol. The molecule has 1 aromatic rings. The van der Waals surface area contributed by atoms with Crippen LogP contribution in [0.5, 0.6) is 5.75 Å². The molecule has 1 heterocycles. The van der Waals surface area contributed by atoms with Crippen LogP contribution in [0.2, 0.25) is 0 Å². The van der Waals surface area contributed by atoms with Crippen molar-refractivity contribution < 1.29 is 9.53 Å². The summed E-state index contributed by atoms with van der Waals surface area (Å²) in [7, 11) is 5.90. The molecule has 0 saturated heterocycles. The van der Waals surface area contributed by atoms with E-state index in [0.29, 0.717) is 17.9 Å². The number of ether oxygens (including phenoxy) is 1. The summed E-state index contributed by atoms with van der Waals surface area (Å²) in [6.07, 6.45) is 0.943. The van der Waals surface area contributed by atoms with Gasteiger partial charge in [-0.2, -0.15) is 0 Å². The number of hydrogen-bond acceptors (Lipinski definition) is 3. The summed E-state index contributed by atoms with van der Waals surface area (Å²) in [5.41, 5.74) is 0.629. The number of halogens is 1. The van der Waals surface area contributed by atoms with Gasteiger partial charge in [0, 0.05) is 18.1 Å². The molecule has 2 rings (SSSR count). The fraction of sp³-hybridized carbons (Fsp3) is 0.500. The first-order valence-corrected chi connectivity index (χ1v) is 7.13. The van der Waals surface area contributed by atoms with Crippen molar-refractivity contribution in [1.29, 1.82) is 0 Å². The Balaban J connectivity index is 2.22. The van der Waals surface area contributed by atoms with E-state index in [1.165, 1.54) is 0 Å². The molecule has 0 saturated carbocycles. The standard InChI is InChI=1S/C14H19BrN2O2/c1-16(2)7-6-11-9-17(3)14(18)12-8-10(15)4-5-13(12)19-11/h4-5,8,11H,6-7,9H2,1-3H3. The second-order valence-electron chi connectivity index (χ2n) is 5.16. The summed E-state index contributed by atoms with van der Waals surface area (Å²) in [6.45, 7) is 1.57. The van der Waals surface area contributed by atoms with Gasteiger partial charge in [-0.3, -0.25) is 4.79 Å². The monoisotopic (exact) mass is 326 g/mol. The minimum absolute atomic E-state index is 0.0173. The Morgan fingerprint density at radius 3 is 2.89 bits per heavy atom. The largest absolute Gasteiger partial charge is 0.488 e. The number of benzene rings is 1. The van der Waals surface area contributed by atoms with Crippen LogP contribution in [0.1, 0.15) is 16.8 Å². The van der Waals surface area contributed by atoms with Crippen molar-refractivity contribution in [2.24, 2.45) is 0 Å². The van der Waals surface area contributed by atoms with Gasteiger partial charge >= 0.3 is 0 Å². The van der Waals surface area contributed by atoms with Crippen LogP contribution in [0, 0.1) is 0 Å². The van der Waals surface area contributed by atoms with E-state index in [4.69, 9.17) is 4.74 Å². The van der Waals surface area contributed by atoms with Crippen LogP contribution in [-0.4, -0.2) is 56.0 Å². The molecule has 0 fully saturated rings. The first-order chi connectivity index (χ1) is 8.97. The maximum atomic E-state index is 12.3. The molecule has 1 atom stereocenters. The topological polar surface area (TPSA) is 32.8 Å². The van der Waals surface area contributed by atoms with E-state index in [-0.39, 0.29) is 12.0 Å². The second kappa shape index (κ2) is 5.92. The molecular weight excluding hydrogens is 308 g/mol. The van der Waals surface area contributed by atoms with Gasteiger partial charge in [-0.25, -0.2) is 0 Å². The third-order valence-corrected chi connectivity index (χ3v) is 3.68. The molecule has 1 aromatic carbocycles. The van der Waals surface area contributed by atoms with E-state index in [0.717, 1.165) is 17.4 Å². The van der Waals surface area contributed by atoms with Gasteiger partial charge in [0.2, 0.25) is 0 Å². The molecule has 0 radical (unpaired) electrons. The van der Waals surface area contributed by atoms with Crippen LogP contribution >= 0.6 is 15.9 Å². The lowest BCUT2D eigenvalue weighted by Gasteiger charge is -2.22. The Hall–Kier alpha value is -1.07. The van der Waals surface area contributed by atoms with Crippen LogP contribution in [0.3, 0.4) is 0 Å². The van der Waals surface area contributed by atoms with Crippen molar-refractivity contribution in [3.8, 4) is 5.75 Å². The maximum absolute atomic E-state index is 12.3. The zero-order chi connectivity index (χ0) is 14.0. The number of fused-ring (bicyclic) bond motifs is 1. The molecule has 0 spiro atoms. The van der Waals surface area contributed by atoms with Crippen LogP contribution in [-0.2, 0) is 0 Å². The number of nitrogens with zero attached hydrogens (tertiary/aromatic N) is 2. The molecule has 19 heavy (non-hydrogen) atoms. The lowest BCUT2D eigenvalue weighted by atomic mass is 10.2. The van der Waals surface area contributed by atoms with Crippen LogP contribution in [0.15, 0.2) is 22.7 Å². The SMILES string of the molecule is CN(C)CCC1CN(C)C(=O)c2cc(Br)ccc2O1. The third kappa shape index (κ3) is 3.48.